The molecule has 0 fully saturated rings. The molecule has 6 nitrogen and oxygen atoms in total. The Balaban J connectivity index is 2.12. The van der Waals surface area contributed by atoms with Gasteiger partial charge in [0.2, 0.25) is 0 Å². The molecule has 0 amide bonds. The number of carboxylic acids is 1. The average molecular weight is 281 g/mol. The van der Waals surface area contributed by atoms with E-state index in [9.17, 15) is 4.79 Å². The van der Waals surface area contributed by atoms with Gasteiger partial charge in [-0.05, 0) is 36.4 Å². The Bertz CT molecular complexity index is 703. The van der Waals surface area contributed by atoms with Crippen LogP contribution in [0.4, 0.5) is 0 Å². The number of nitrogens with zero attached hydrogens (tertiary/aromatic N) is 3. The number of allylic oxidation sites excluding steroid dienone is 1. The highest BCUT2D eigenvalue weighted by molar-refractivity contribution is 5.85. The number of hydrogen-bond donors (Lipinski definition) is 1. The fraction of sp³-hybridized carbons (Fsp3) is 0.0667. The van der Waals surface area contributed by atoms with E-state index in [0.29, 0.717) is 23.7 Å². The van der Waals surface area contributed by atoms with Gasteiger partial charge in [0.05, 0.1) is 6.07 Å². The lowest BCUT2D eigenvalue weighted by atomic mass is 10.2. The summed E-state index contributed by atoms with van der Waals surface area (Å²) < 4.78 is 5.39. The first-order chi connectivity index (χ1) is 10.2. The van der Waals surface area contributed by atoms with Gasteiger partial charge in [0, 0.05) is 17.8 Å². The molecule has 104 valence electrons. The van der Waals surface area contributed by atoms with E-state index >= 15 is 0 Å². The van der Waals surface area contributed by atoms with Crippen molar-refractivity contribution in [3.63, 3.8) is 0 Å². The van der Waals surface area contributed by atoms with Crippen LogP contribution in [0, 0.1) is 11.3 Å². The summed E-state index contributed by atoms with van der Waals surface area (Å²) in [6.07, 6.45) is 4.36. The molecular formula is C15H11N3O3. The van der Waals surface area contributed by atoms with Gasteiger partial charge < -0.3 is 9.84 Å². The summed E-state index contributed by atoms with van der Waals surface area (Å²) in [4.78, 5) is 18.9. The van der Waals surface area contributed by atoms with E-state index in [1.165, 1.54) is 18.3 Å². The number of aromatic carboxylic acids is 1. The minimum Gasteiger partial charge on any atom is -0.490 e. The number of rotatable bonds is 5. The van der Waals surface area contributed by atoms with Gasteiger partial charge in [-0.2, -0.15) is 5.26 Å². The lowest BCUT2D eigenvalue weighted by Gasteiger charge is -2.05. The van der Waals surface area contributed by atoms with Gasteiger partial charge in [-0.1, -0.05) is 0 Å². The second kappa shape index (κ2) is 6.82. The van der Waals surface area contributed by atoms with Crippen molar-refractivity contribution in [1.82, 2.24) is 9.97 Å². The van der Waals surface area contributed by atoms with E-state index in [1.54, 1.807) is 30.3 Å². The monoisotopic (exact) mass is 281 g/mol. The van der Waals surface area contributed by atoms with Crippen LogP contribution in [0.15, 0.2) is 48.7 Å². The summed E-state index contributed by atoms with van der Waals surface area (Å²) in [5.41, 5.74) is 0.639. The number of carboxylic acid groups (broad SMARTS) is 1. The molecule has 1 aromatic carbocycles. The molecule has 1 heterocycles. The number of carbonyl (C=O) groups is 1. The Morgan fingerprint density at radius 1 is 1.33 bits per heavy atom. The van der Waals surface area contributed by atoms with Gasteiger partial charge in [-0.3, -0.25) is 0 Å². The molecule has 1 N–H and O–H groups in total. The maximum absolute atomic E-state index is 10.9. The average Bonchev–Trinajstić information content (AvgIpc) is 2.52. The van der Waals surface area contributed by atoms with E-state index in [4.69, 9.17) is 15.1 Å². The predicted octanol–water partition coefficient (Wildman–Crippen LogP) is 2.30. The molecule has 2 rings (SSSR count). The van der Waals surface area contributed by atoms with Crippen molar-refractivity contribution < 1.29 is 14.6 Å². The van der Waals surface area contributed by atoms with Crippen LogP contribution in [0.3, 0.4) is 0 Å². The topological polar surface area (TPSA) is 96.1 Å². The van der Waals surface area contributed by atoms with Crippen LogP contribution in [0.25, 0.3) is 11.4 Å². The quantitative estimate of drug-likeness (QED) is 0.845. The zero-order valence-corrected chi connectivity index (χ0v) is 10.9. The molecule has 6 heteroatoms. The van der Waals surface area contributed by atoms with E-state index in [2.05, 4.69) is 9.97 Å². The van der Waals surface area contributed by atoms with Crippen molar-refractivity contribution in [1.29, 1.82) is 5.26 Å². The van der Waals surface area contributed by atoms with Crippen LogP contribution in [-0.4, -0.2) is 27.7 Å². The Morgan fingerprint density at radius 2 is 2.10 bits per heavy atom. The highest BCUT2D eigenvalue weighted by atomic mass is 16.5. The first-order valence-electron chi connectivity index (χ1n) is 6.05. The van der Waals surface area contributed by atoms with Crippen molar-refractivity contribution in [2.75, 3.05) is 6.61 Å². The van der Waals surface area contributed by atoms with Gasteiger partial charge in [0.25, 0.3) is 0 Å². The molecular weight excluding hydrogens is 270 g/mol. The van der Waals surface area contributed by atoms with E-state index in [0.717, 1.165) is 0 Å². The Hall–Kier alpha value is -3.20. The molecule has 0 spiro atoms. The van der Waals surface area contributed by atoms with Crippen molar-refractivity contribution >= 4 is 5.97 Å². The summed E-state index contributed by atoms with van der Waals surface area (Å²) in [7, 11) is 0. The molecule has 0 saturated carbocycles. The molecule has 1 aromatic heterocycles. The molecule has 0 bridgehead atoms. The van der Waals surface area contributed by atoms with Crippen LogP contribution >= 0.6 is 0 Å². The summed E-state index contributed by atoms with van der Waals surface area (Å²) in [5.74, 6) is -0.121. The number of nitriles is 1. The van der Waals surface area contributed by atoms with Crippen molar-refractivity contribution in [2.45, 2.75) is 0 Å². The first-order valence-corrected chi connectivity index (χ1v) is 6.05. The third-order valence-electron chi connectivity index (χ3n) is 2.53. The molecule has 0 atom stereocenters. The number of hydrogen-bond acceptors (Lipinski definition) is 5. The maximum Gasteiger partial charge on any atom is 0.354 e. The van der Waals surface area contributed by atoms with Gasteiger partial charge in [-0.15, -0.1) is 0 Å². The first kappa shape index (κ1) is 14.2. The summed E-state index contributed by atoms with van der Waals surface area (Å²) in [5, 5.41) is 17.2. The zero-order valence-electron chi connectivity index (χ0n) is 10.9. The SMILES string of the molecule is N#CC=CCOc1ccc(-c2nccc(C(=O)O)n2)cc1. The van der Waals surface area contributed by atoms with Gasteiger partial charge in [0.1, 0.15) is 12.4 Å². The van der Waals surface area contributed by atoms with E-state index in [1.807, 2.05) is 6.07 Å². The lowest BCUT2D eigenvalue weighted by Crippen LogP contribution is -2.02. The van der Waals surface area contributed by atoms with Crippen molar-refractivity contribution in [3.8, 4) is 23.2 Å². The van der Waals surface area contributed by atoms with E-state index < -0.39 is 5.97 Å². The molecule has 0 aliphatic heterocycles. The standard InChI is InChI=1S/C15H11N3O3/c16-8-1-2-10-21-12-5-3-11(4-6-12)14-17-9-7-13(18-14)15(19)20/h1-7,9H,10H2,(H,19,20). The number of aromatic nitrogens is 2. The largest absolute Gasteiger partial charge is 0.490 e. The van der Waals surface area contributed by atoms with Crippen LogP contribution in [0.1, 0.15) is 10.5 Å². The Kier molecular flexibility index (Phi) is 4.62. The minimum atomic E-state index is -1.09. The molecule has 0 saturated heterocycles. The highest BCUT2D eigenvalue weighted by Crippen LogP contribution is 2.19. The number of ether oxygens (including phenoxy) is 1. The molecule has 0 unspecified atom stereocenters. The van der Waals surface area contributed by atoms with E-state index in [-0.39, 0.29) is 5.69 Å². The Labute approximate surface area is 121 Å². The van der Waals surface area contributed by atoms with Crippen LogP contribution < -0.4 is 4.74 Å². The summed E-state index contributed by atoms with van der Waals surface area (Å²) in [6, 6.07) is 10.1. The van der Waals surface area contributed by atoms with Crippen LogP contribution in [0.5, 0.6) is 5.75 Å². The van der Waals surface area contributed by atoms with Gasteiger partial charge in [0.15, 0.2) is 11.5 Å². The second-order valence-electron chi connectivity index (χ2n) is 3.94. The van der Waals surface area contributed by atoms with Crippen LogP contribution in [-0.2, 0) is 0 Å². The maximum atomic E-state index is 10.9. The lowest BCUT2D eigenvalue weighted by molar-refractivity contribution is 0.0690. The third kappa shape index (κ3) is 3.88. The van der Waals surface area contributed by atoms with Crippen molar-refractivity contribution in [3.05, 3.63) is 54.4 Å². The normalized spacial score (nSPS) is 10.2. The fourth-order valence-corrected chi connectivity index (χ4v) is 1.56. The Morgan fingerprint density at radius 3 is 2.76 bits per heavy atom. The molecule has 21 heavy (non-hydrogen) atoms. The molecule has 0 aliphatic carbocycles. The van der Waals surface area contributed by atoms with Crippen LogP contribution in [0.2, 0.25) is 0 Å². The molecule has 2 aromatic rings. The fourth-order valence-electron chi connectivity index (χ4n) is 1.56. The predicted molar refractivity (Wildman–Crippen MR) is 74.7 cm³/mol. The number of benzene rings is 1. The molecule has 0 radical (unpaired) electrons. The molecule has 0 aliphatic rings. The third-order valence-corrected chi connectivity index (χ3v) is 2.53. The van der Waals surface area contributed by atoms with Gasteiger partial charge in [-0.25, -0.2) is 14.8 Å². The second-order valence-corrected chi connectivity index (χ2v) is 3.94. The summed E-state index contributed by atoms with van der Waals surface area (Å²) in [6.45, 7) is 0.303. The highest BCUT2D eigenvalue weighted by Gasteiger charge is 2.07. The summed E-state index contributed by atoms with van der Waals surface area (Å²) >= 11 is 0. The zero-order chi connectivity index (χ0) is 15.1. The minimum absolute atomic E-state index is 0.0537. The smallest absolute Gasteiger partial charge is 0.354 e. The van der Waals surface area contributed by atoms with Gasteiger partial charge >= 0.3 is 5.97 Å². The van der Waals surface area contributed by atoms with Crippen molar-refractivity contribution in [2.24, 2.45) is 0 Å².